The van der Waals surface area contributed by atoms with Crippen LogP contribution in [0.15, 0.2) is 63.4 Å². The van der Waals surface area contributed by atoms with Crippen LogP contribution in [0.25, 0.3) is 0 Å². The number of anilines is 2. The molecular weight excluding hydrogens is 290 g/mol. The standard InChI is InChI=1S/C15H15N3S.ClH/c1-17(2)16-11-18-12-7-3-5-9-14(12)19-15-10-6-4-8-13(15)18;/h3-11H,1-2H3;1H. The van der Waals surface area contributed by atoms with Crippen LogP contribution in [0.3, 0.4) is 0 Å². The van der Waals surface area contributed by atoms with Crippen LogP contribution in [0.5, 0.6) is 0 Å². The zero-order chi connectivity index (χ0) is 13.2. The summed E-state index contributed by atoms with van der Waals surface area (Å²) >= 11 is 1.80. The lowest BCUT2D eigenvalue weighted by Gasteiger charge is -2.29. The maximum absolute atomic E-state index is 4.37. The van der Waals surface area contributed by atoms with E-state index in [1.54, 1.807) is 16.8 Å². The number of rotatable bonds is 2. The molecule has 0 spiro atoms. The molecule has 3 nitrogen and oxygen atoms in total. The molecule has 0 aromatic heterocycles. The van der Waals surface area contributed by atoms with Gasteiger partial charge in [0.25, 0.3) is 0 Å². The SMILES string of the molecule is CN(C)N=CN1c2ccccc2Sc2ccccc21.Cl. The number of hydrazone groups is 1. The molecule has 1 heterocycles. The van der Waals surface area contributed by atoms with Crippen molar-refractivity contribution in [3.8, 4) is 0 Å². The van der Waals surface area contributed by atoms with Crippen LogP contribution in [0.4, 0.5) is 11.4 Å². The van der Waals surface area contributed by atoms with Crippen molar-refractivity contribution in [1.29, 1.82) is 0 Å². The lowest BCUT2D eigenvalue weighted by Crippen LogP contribution is -2.20. The third-order valence-electron chi connectivity index (χ3n) is 2.87. The molecule has 1 aliphatic heterocycles. The molecule has 5 heteroatoms. The van der Waals surface area contributed by atoms with E-state index in [-0.39, 0.29) is 12.4 Å². The fourth-order valence-corrected chi connectivity index (χ4v) is 3.08. The highest BCUT2D eigenvalue weighted by molar-refractivity contribution is 7.99. The van der Waals surface area contributed by atoms with E-state index < -0.39 is 0 Å². The molecule has 2 aromatic rings. The summed E-state index contributed by atoms with van der Waals surface area (Å²) in [4.78, 5) is 4.65. The van der Waals surface area contributed by atoms with Gasteiger partial charge in [0.1, 0.15) is 6.34 Å². The van der Waals surface area contributed by atoms with Gasteiger partial charge in [0.15, 0.2) is 0 Å². The molecule has 0 saturated heterocycles. The molecule has 0 radical (unpaired) electrons. The molecule has 2 aromatic carbocycles. The topological polar surface area (TPSA) is 18.8 Å². The average molecular weight is 306 g/mol. The van der Waals surface area contributed by atoms with E-state index in [0.717, 1.165) is 0 Å². The lowest BCUT2D eigenvalue weighted by molar-refractivity contribution is 0.439. The fraction of sp³-hybridized carbons (Fsp3) is 0.133. The van der Waals surface area contributed by atoms with Crippen LogP contribution < -0.4 is 4.90 Å². The Morgan fingerprint density at radius 3 is 1.95 bits per heavy atom. The maximum Gasteiger partial charge on any atom is 0.120 e. The number of benzene rings is 2. The minimum absolute atomic E-state index is 0. The monoisotopic (exact) mass is 305 g/mol. The van der Waals surface area contributed by atoms with Crippen LogP contribution in [-0.4, -0.2) is 25.4 Å². The summed E-state index contributed by atoms with van der Waals surface area (Å²) in [5.41, 5.74) is 2.36. The molecule has 0 amide bonds. The van der Waals surface area contributed by atoms with Gasteiger partial charge >= 0.3 is 0 Å². The van der Waals surface area contributed by atoms with Crippen molar-refractivity contribution in [1.82, 2.24) is 5.01 Å². The van der Waals surface area contributed by atoms with Crippen molar-refractivity contribution in [2.45, 2.75) is 9.79 Å². The second kappa shape index (κ2) is 6.20. The quantitative estimate of drug-likeness (QED) is 0.470. The van der Waals surface area contributed by atoms with Crippen LogP contribution in [0.2, 0.25) is 0 Å². The van der Waals surface area contributed by atoms with E-state index in [4.69, 9.17) is 0 Å². The minimum Gasteiger partial charge on any atom is -0.302 e. The summed E-state index contributed by atoms with van der Waals surface area (Å²) in [5, 5.41) is 6.17. The Morgan fingerprint density at radius 1 is 0.950 bits per heavy atom. The van der Waals surface area contributed by atoms with Crippen LogP contribution >= 0.6 is 24.2 Å². The van der Waals surface area contributed by atoms with E-state index in [0.29, 0.717) is 0 Å². The Labute approximate surface area is 129 Å². The molecule has 0 fully saturated rings. The Balaban J connectivity index is 0.00000147. The average Bonchev–Trinajstić information content (AvgIpc) is 2.43. The van der Waals surface area contributed by atoms with Crippen LogP contribution in [0.1, 0.15) is 0 Å². The molecule has 0 atom stereocenters. The summed E-state index contributed by atoms with van der Waals surface area (Å²) in [6.07, 6.45) is 1.87. The van der Waals surface area contributed by atoms with Crippen molar-refractivity contribution < 1.29 is 0 Å². The molecule has 0 unspecified atom stereocenters. The summed E-state index contributed by atoms with van der Waals surface area (Å²) in [6, 6.07) is 16.8. The van der Waals surface area contributed by atoms with Crippen LogP contribution in [-0.2, 0) is 0 Å². The van der Waals surface area contributed by atoms with E-state index >= 15 is 0 Å². The van der Waals surface area contributed by atoms with Crippen molar-refractivity contribution in [2.24, 2.45) is 5.10 Å². The van der Waals surface area contributed by atoms with Gasteiger partial charge in [0, 0.05) is 23.9 Å². The highest BCUT2D eigenvalue weighted by Crippen LogP contribution is 2.47. The van der Waals surface area contributed by atoms with Gasteiger partial charge in [-0.1, -0.05) is 36.0 Å². The molecular formula is C15H16ClN3S. The third kappa shape index (κ3) is 2.76. The first-order valence-electron chi connectivity index (χ1n) is 6.12. The van der Waals surface area contributed by atoms with Crippen molar-refractivity contribution in [3.63, 3.8) is 0 Å². The number of hydrogen-bond acceptors (Lipinski definition) is 3. The summed E-state index contributed by atoms with van der Waals surface area (Å²) in [7, 11) is 3.85. The maximum atomic E-state index is 4.37. The first-order chi connectivity index (χ1) is 9.25. The Hall–Kier alpha value is -1.65. The van der Waals surface area contributed by atoms with Gasteiger partial charge in [-0.05, 0) is 24.3 Å². The zero-order valence-electron chi connectivity index (χ0n) is 11.4. The number of hydrogen-bond donors (Lipinski definition) is 0. The number of para-hydroxylation sites is 2. The molecule has 3 rings (SSSR count). The summed E-state index contributed by atoms with van der Waals surface area (Å²) in [5.74, 6) is 0. The summed E-state index contributed by atoms with van der Waals surface area (Å²) in [6.45, 7) is 0. The number of fused-ring (bicyclic) bond motifs is 2. The molecule has 0 bridgehead atoms. The fourth-order valence-electron chi connectivity index (χ4n) is 2.01. The summed E-state index contributed by atoms with van der Waals surface area (Å²) < 4.78 is 0. The first-order valence-corrected chi connectivity index (χ1v) is 6.94. The molecule has 20 heavy (non-hydrogen) atoms. The Morgan fingerprint density at radius 2 is 1.45 bits per heavy atom. The number of nitrogens with zero attached hydrogens (tertiary/aromatic N) is 3. The smallest absolute Gasteiger partial charge is 0.120 e. The third-order valence-corrected chi connectivity index (χ3v) is 4.00. The predicted octanol–water partition coefficient (Wildman–Crippen LogP) is 4.22. The first kappa shape index (κ1) is 14.8. The van der Waals surface area contributed by atoms with Gasteiger partial charge in [-0.15, -0.1) is 12.4 Å². The normalized spacial score (nSPS) is 12.6. The highest BCUT2D eigenvalue weighted by atomic mass is 35.5. The Bertz CT molecular complexity index is 583. The van der Waals surface area contributed by atoms with Gasteiger partial charge in [0.05, 0.1) is 11.4 Å². The molecule has 0 saturated carbocycles. The van der Waals surface area contributed by atoms with Crippen molar-refractivity contribution >= 4 is 41.9 Å². The second-order valence-electron chi connectivity index (χ2n) is 4.49. The molecule has 1 aliphatic rings. The van der Waals surface area contributed by atoms with Crippen molar-refractivity contribution in [2.75, 3.05) is 19.0 Å². The van der Waals surface area contributed by atoms with Gasteiger partial charge in [-0.25, -0.2) is 0 Å². The van der Waals surface area contributed by atoms with E-state index in [2.05, 4.69) is 58.5 Å². The van der Waals surface area contributed by atoms with Gasteiger partial charge < -0.3 is 5.01 Å². The van der Waals surface area contributed by atoms with Gasteiger partial charge in [-0.3, -0.25) is 4.90 Å². The largest absolute Gasteiger partial charge is 0.302 e. The second-order valence-corrected chi connectivity index (χ2v) is 5.57. The van der Waals surface area contributed by atoms with Gasteiger partial charge in [-0.2, -0.15) is 5.10 Å². The van der Waals surface area contributed by atoms with E-state index in [9.17, 15) is 0 Å². The highest BCUT2D eigenvalue weighted by Gasteiger charge is 2.21. The number of halogens is 1. The predicted molar refractivity (Wildman–Crippen MR) is 88.6 cm³/mol. The lowest BCUT2D eigenvalue weighted by atomic mass is 10.2. The van der Waals surface area contributed by atoms with Crippen LogP contribution in [0, 0.1) is 0 Å². The van der Waals surface area contributed by atoms with Crippen molar-refractivity contribution in [3.05, 3.63) is 48.5 Å². The molecule has 104 valence electrons. The molecule has 0 N–H and O–H groups in total. The molecule has 0 aliphatic carbocycles. The zero-order valence-corrected chi connectivity index (χ0v) is 13.0. The van der Waals surface area contributed by atoms with Gasteiger partial charge in [0.2, 0.25) is 0 Å². The van der Waals surface area contributed by atoms with E-state index in [1.807, 2.05) is 20.4 Å². The van der Waals surface area contributed by atoms with E-state index in [1.165, 1.54) is 21.2 Å². The minimum atomic E-state index is 0. The Kier molecular flexibility index (Phi) is 4.57.